The van der Waals surface area contributed by atoms with Crippen LogP contribution in [0, 0.1) is 0 Å². The highest BCUT2D eigenvalue weighted by Gasteiger charge is 2.26. The number of carbonyl (C=O) groups excluding carboxylic acids is 1. The molecule has 26 heavy (non-hydrogen) atoms. The molecule has 1 aromatic heterocycles. The van der Waals surface area contributed by atoms with Crippen molar-refractivity contribution < 1.29 is 9.90 Å². The van der Waals surface area contributed by atoms with E-state index in [1.54, 1.807) is 0 Å². The summed E-state index contributed by atoms with van der Waals surface area (Å²) in [6.07, 6.45) is 6.68. The summed E-state index contributed by atoms with van der Waals surface area (Å²) in [6.45, 7) is 0.755. The number of aliphatic hydroxyl groups excluding tert-OH is 1. The molecule has 1 aliphatic heterocycles. The van der Waals surface area contributed by atoms with E-state index >= 15 is 0 Å². The first kappa shape index (κ1) is 16.7. The summed E-state index contributed by atoms with van der Waals surface area (Å²) in [7, 11) is 0. The summed E-state index contributed by atoms with van der Waals surface area (Å²) in [6, 6.07) is 15.8. The van der Waals surface area contributed by atoms with E-state index in [2.05, 4.69) is 17.1 Å². The Morgan fingerprint density at radius 2 is 1.88 bits per heavy atom. The molecule has 0 aliphatic carbocycles. The quantitative estimate of drug-likeness (QED) is 0.783. The van der Waals surface area contributed by atoms with Crippen molar-refractivity contribution in [2.75, 3.05) is 13.2 Å². The van der Waals surface area contributed by atoms with Gasteiger partial charge in [0.2, 0.25) is 0 Å². The van der Waals surface area contributed by atoms with Crippen LogP contribution >= 0.6 is 0 Å². The lowest BCUT2D eigenvalue weighted by molar-refractivity contribution is 0.0503. The maximum atomic E-state index is 12.8. The van der Waals surface area contributed by atoms with Crippen molar-refractivity contribution in [2.24, 2.45) is 0 Å². The standard InChI is InChI=1S/C22H22N2O2/c25-15-19-6-3-4-12-24(19)22(26)17-10-8-16(9-11-17)21-14-23-13-18-5-1-2-7-20(18)21/h1-2,5,7-11,13-14,19,25H,3-4,6,12,15H2/t19-/m1/s1. The van der Waals surface area contributed by atoms with Crippen LogP contribution in [-0.2, 0) is 0 Å². The minimum Gasteiger partial charge on any atom is -0.394 e. The van der Waals surface area contributed by atoms with Crippen LogP contribution in [0.15, 0.2) is 60.9 Å². The van der Waals surface area contributed by atoms with Gasteiger partial charge in [-0.25, -0.2) is 0 Å². The number of hydrogen-bond acceptors (Lipinski definition) is 3. The van der Waals surface area contributed by atoms with Gasteiger partial charge in [0.25, 0.3) is 5.91 Å². The van der Waals surface area contributed by atoms with Crippen molar-refractivity contribution in [3.05, 3.63) is 66.5 Å². The van der Waals surface area contributed by atoms with Gasteiger partial charge in [-0.2, -0.15) is 0 Å². The molecule has 1 saturated heterocycles. The van der Waals surface area contributed by atoms with Crippen molar-refractivity contribution in [3.63, 3.8) is 0 Å². The van der Waals surface area contributed by atoms with Crippen LogP contribution in [0.5, 0.6) is 0 Å². The number of fused-ring (bicyclic) bond motifs is 1. The van der Waals surface area contributed by atoms with Gasteiger partial charge in [-0.05, 0) is 42.3 Å². The Morgan fingerprint density at radius 3 is 2.69 bits per heavy atom. The molecule has 2 aromatic carbocycles. The molecule has 1 aliphatic rings. The normalized spacial score (nSPS) is 17.4. The first-order chi connectivity index (χ1) is 12.8. The van der Waals surface area contributed by atoms with Gasteiger partial charge in [-0.3, -0.25) is 9.78 Å². The average Bonchev–Trinajstić information content (AvgIpc) is 2.73. The third kappa shape index (κ3) is 3.08. The maximum absolute atomic E-state index is 12.8. The molecular weight excluding hydrogens is 324 g/mol. The van der Waals surface area contributed by atoms with E-state index in [1.807, 2.05) is 53.7 Å². The Hall–Kier alpha value is -2.72. The Labute approximate surface area is 153 Å². The van der Waals surface area contributed by atoms with Crippen molar-refractivity contribution in [1.82, 2.24) is 9.88 Å². The molecule has 1 atom stereocenters. The van der Waals surface area contributed by atoms with Gasteiger partial charge in [-0.1, -0.05) is 36.4 Å². The molecule has 0 bridgehead atoms. The molecule has 4 rings (SSSR count). The number of rotatable bonds is 3. The summed E-state index contributed by atoms with van der Waals surface area (Å²) in [5.41, 5.74) is 2.78. The number of piperidine rings is 1. The van der Waals surface area contributed by atoms with Gasteiger partial charge < -0.3 is 10.0 Å². The lowest BCUT2D eigenvalue weighted by atomic mass is 9.98. The Balaban J connectivity index is 1.63. The van der Waals surface area contributed by atoms with Gasteiger partial charge in [-0.15, -0.1) is 0 Å². The van der Waals surface area contributed by atoms with Crippen LogP contribution in [0.3, 0.4) is 0 Å². The number of nitrogens with zero attached hydrogens (tertiary/aromatic N) is 2. The number of likely N-dealkylation sites (tertiary alicyclic amines) is 1. The first-order valence-electron chi connectivity index (χ1n) is 9.13. The average molecular weight is 346 g/mol. The molecule has 1 amide bonds. The Morgan fingerprint density at radius 1 is 1.08 bits per heavy atom. The fourth-order valence-corrected chi connectivity index (χ4v) is 3.76. The second kappa shape index (κ2) is 7.26. The zero-order valence-corrected chi connectivity index (χ0v) is 14.6. The van der Waals surface area contributed by atoms with Gasteiger partial charge >= 0.3 is 0 Å². The highest BCUT2D eigenvalue weighted by atomic mass is 16.3. The van der Waals surface area contributed by atoms with Gasteiger partial charge in [0.1, 0.15) is 0 Å². The topological polar surface area (TPSA) is 53.4 Å². The zero-order chi connectivity index (χ0) is 17.9. The number of carbonyl (C=O) groups is 1. The molecule has 0 unspecified atom stereocenters. The number of amides is 1. The summed E-state index contributed by atoms with van der Waals surface area (Å²) < 4.78 is 0. The second-order valence-corrected chi connectivity index (χ2v) is 6.82. The number of hydrogen-bond donors (Lipinski definition) is 1. The predicted octanol–water partition coefficient (Wildman–Crippen LogP) is 3.89. The van der Waals surface area contributed by atoms with Crippen LogP contribution in [0.4, 0.5) is 0 Å². The molecule has 0 radical (unpaired) electrons. The molecule has 4 heteroatoms. The third-order valence-electron chi connectivity index (χ3n) is 5.21. The number of aliphatic hydroxyl groups is 1. The molecule has 2 heterocycles. The van der Waals surface area contributed by atoms with Crippen LogP contribution in [-0.4, -0.2) is 40.1 Å². The van der Waals surface area contributed by atoms with E-state index in [1.165, 1.54) is 0 Å². The van der Waals surface area contributed by atoms with E-state index in [0.717, 1.165) is 47.7 Å². The molecular formula is C22H22N2O2. The fraction of sp³-hybridized carbons (Fsp3) is 0.273. The molecule has 1 fully saturated rings. The van der Waals surface area contributed by atoms with Gasteiger partial charge in [0.05, 0.1) is 12.6 Å². The monoisotopic (exact) mass is 346 g/mol. The van der Waals surface area contributed by atoms with E-state index in [9.17, 15) is 9.90 Å². The van der Waals surface area contributed by atoms with Crippen LogP contribution in [0.1, 0.15) is 29.6 Å². The summed E-state index contributed by atoms with van der Waals surface area (Å²) in [4.78, 5) is 19.0. The van der Waals surface area contributed by atoms with Gasteiger partial charge in [0, 0.05) is 35.5 Å². The lowest BCUT2D eigenvalue weighted by Gasteiger charge is -2.34. The number of pyridine rings is 1. The van der Waals surface area contributed by atoms with Crippen molar-refractivity contribution in [3.8, 4) is 11.1 Å². The predicted molar refractivity (Wildman–Crippen MR) is 103 cm³/mol. The van der Waals surface area contributed by atoms with Crippen molar-refractivity contribution in [2.45, 2.75) is 25.3 Å². The summed E-state index contributed by atoms with van der Waals surface area (Å²) >= 11 is 0. The fourth-order valence-electron chi connectivity index (χ4n) is 3.76. The Kier molecular flexibility index (Phi) is 4.67. The van der Waals surface area contributed by atoms with Crippen molar-refractivity contribution in [1.29, 1.82) is 0 Å². The lowest BCUT2D eigenvalue weighted by Crippen LogP contribution is -2.45. The highest BCUT2D eigenvalue weighted by Crippen LogP contribution is 2.28. The molecule has 0 spiro atoms. The maximum Gasteiger partial charge on any atom is 0.254 e. The molecule has 4 nitrogen and oxygen atoms in total. The highest BCUT2D eigenvalue weighted by molar-refractivity contribution is 5.98. The third-order valence-corrected chi connectivity index (χ3v) is 5.21. The minimum atomic E-state index is -0.0572. The molecule has 3 aromatic rings. The number of benzene rings is 2. The Bertz CT molecular complexity index is 916. The van der Waals surface area contributed by atoms with Gasteiger partial charge in [0.15, 0.2) is 0 Å². The summed E-state index contributed by atoms with van der Waals surface area (Å²) in [5.74, 6) is 0.00587. The SMILES string of the molecule is O=C(c1ccc(-c2cncc3ccccc23)cc1)N1CCCC[C@@H]1CO. The van der Waals surface area contributed by atoms with E-state index in [4.69, 9.17) is 0 Å². The smallest absolute Gasteiger partial charge is 0.254 e. The molecule has 132 valence electrons. The zero-order valence-electron chi connectivity index (χ0n) is 14.6. The first-order valence-corrected chi connectivity index (χ1v) is 9.13. The van der Waals surface area contributed by atoms with Crippen molar-refractivity contribution >= 4 is 16.7 Å². The minimum absolute atomic E-state index is 0.00587. The number of aromatic nitrogens is 1. The van der Waals surface area contributed by atoms with Crippen LogP contribution in [0.25, 0.3) is 21.9 Å². The van der Waals surface area contributed by atoms with E-state index in [-0.39, 0.29) is 18.6 Å². The second-order valence-electron chi connectivity index (χ2n) is 6.82. The van der Waals surface area contributed by atoms with Crippen LogP contribution in [0.2, 0.25) is 0 Å². The molecule has 0 saturated carbocycles. The van der Waals surface area contributed by atoms with E-state index < -0.39 is 0 Å². The van der Waals surface area contributed by atoms with Crippen LogP contribution < -0.4 is 0 Å². The summed E-state index contributed by atoms with van der Waals surface area (Å²) in [5, 5.41) is 11.8. The molecule has 1 N–H and O–H groups in total. The van der Waals surface area contributed by atoms with E-state index in [0.29, 0.717) is 5.56 Å². The largest absolute Gasteiger partial charge is 0.394 e.